The summed E-state index contributed by atoms with van der Waals surface area (Å²) in [6, 6.07) is 19.3. The van der Waals surface area contributed by atoms with E-state index < -0.39 is 0 Å². The Labute approximate surface area is 474 Å². The van der Waals surface area contributed by atoms with Crippen LogP contribution in [0.2, 0.25) is 0 Å². The minimum absolute atomic E-state index is 0. The Hall–Kier alpha value is -1.93. The zero-order valence-corrected chi connectivity index (χ0v) is 52.4. The molecule has 73 heavy (non-hydrogen) atoms. The minimum atomic E-state index is -0.374. The average molecular weight is 1140 g/mol. The third kappa shape index (κ3) is 48.2. The summed E-state index contributed by atoms with van der Waals surface area (Å²) in [5.41, 5.74) is 7.09. The Balaban J connectivity index is -0.000000284. The second-order valence-electron chi connectivity index (χ2n) is 23.1. The first-order chi connectivity index (χ1) is 32.1. The highest BCUT2D eigenvalue weighted by Gasteiger charge is 2.29. The van der Waals surface area contributed by atoms with Crippen LogP contribution in [0.25, 0.3) is 0 Å². The molecule has 0 aliphatic carbocycles. The van der Waals surface area contributed by atoms with Gasteiger partial charge in [-0.25, -0.2) is 9.59 Å². The number of rotatable bonds is 28. The molecule has 0 atom stereocenters. The van der Waals surface area contributed by atoms with Gasteiger partial charge in [0.25, 0.3) is 0 Å². The van der Waals surface area contributed by atoms with E-state index in [-0.39, 0.29) is 78.2 Å². The molecule has 0 aromatic heterocycles. The minimum Gasteiger partial charge on any atom is -1.00 e. The van der Waals surface area contributed by atoms with Gasteiger partial charge in [0.15, 0.2) is 0 Å². The third-order valence-electron chi connectivity index (χ3n) is 11.7. The van der Waals surface area contributed by atoms with Gasteiger partial charge in [-0.1, -0.05) is 60.7 Å². The zero-order valence-electron chi connectivity index (χ0n) is 48.6. The molecule has 4 N–H and O–H groups in total. The van der Waals surface area contributed by atoms with Gasteiger partial charge in [-0.3, -0.25) is 0 Å². The van der Waals surface area contributed by atoms with Crippen LogP contribution in [-0.2, 0) is 36.9 Å². The molecule has 0 saturated heterocycles. The molecule has 0 aliphatic heterocycles. The summed E-state index contributed by atoms with van der Waals surface area (Å²) in [6.45, 7) is 26.2. The predicted octanol–water partition coefficient (Wildman–Crippen LogP) is -0.217. The number of alkyl carbamates (subject to hydrolysis) is 2. The molecule has 0 aliphatic rings. The van der Waals surface area contributed by atoms with E-state index in [0.29, 0.717) is 6.61 Å². The molecular weight excluding hydrogens is 1040 g/mol. The van der Waals surface area contributed by atoms with Crippen molar-refractivity contribution in [2.45, 2.75) is 116 Å². The molecule has 0 bridgehead atoms. The fourth-order valence-corrected chi connectivity index (χ4v) is 6.05. The molecule has 0 fully saturated rings. The van der Waals surface area contributed by atoms with Gasteiger partial charge in [0, 0.05) is 57.2 Å². The molecule has 2 rings (SSSR count). The summed E-state index contributed by atoms with van der Waals surface area (Å²) >= 11 is 11.5. The highest BCUT2D eigenvalue weighted by Crippen LogP contribution is 2.24. The van der Waals surface area contributed by atoms with Gasteiger partial charge in [-0.2, -0.15) is 0 Å². The Kier molecular flexibility index (Phi) is 44.1. The number of nitrogens with two attached hydrogens (primary N) is 1. The molecule has 2 amide bonds. The van der Waals surface area contributed by atoms with Gasteiger partial charge in [0.1, 0.15) is 32.8 Å². The predicted molar refractivity (Wildman–Crippen MR) is 292 cm³/mol. The van der Waals surface area contributed by atoms with Crippen molar-refractivity contribution in [3.05, 3.63) is 71.8 Å². The second kappa shape index (κ2) is 40.3. The first-order valence-electron chi connectivity index (χ1n) is 24.6. The van der Waals surface area contributed by atoms with Crippen molar-refractivity contribution in [2.75, 3.05) is 143 Å². The van der Waals surface area contributed by atoms with E-state index in [1.807, 2.05) is 116 Å². The van der Waals surface area contributed by atoms with Crippen LogP contribution in [0.3, 0.4) is 0 Å². The lowest BCUT2D eigenvalue weighted by atomic mass is 10.0. The van der Waals surface area contributed by atoms with E-state index in [0.717, 1.165) is 116 Å². The van der Waals surface area contributed by atoms with Crippen LogP contribution in [0.5, 0.6) is 0 Å². The second-order valence-corrected chi connectivity index (χ2v) is 24.0. The van der Waals surface area contributed by atoms with Crippen LogP contribution in [0.1, 0.15) is 92.2 Å². The van der Waals surface area contributed by atoms with Crippen molar-refractivity contribution in [1.82, 2.24) is 19.5 Å². The van der Waals surface area contributed by atoms with E-state index in [1.54, 1.807) is 21.3 Å². The number of carbonyl (C=O) groups is 2. The van der Waals surface area contributed by atoms with Gasteiger partial charge in [0.2, 0.25) is 0 Å². The number of nitrogens with zero attached hydrogens (tertiary/aromatic N) is 5. The van der Waals surface area contributed by atoms with E-state index in [2.05, 4.69) is 71.7 Å². The van der Waals surface area contributed by atoms with E-state index in [4.69, 9.17) is 53.0 Å². The standard InChI is InChI=1S/C18H30N2O3.C15H24N2O2.C10H23Cl2N2O.C10H25N2O.3ClH/c1-18(2,11-12-20(3,4)13-14-22-5)19-17(21)23-15-16-9-7-6-8-10-16;1-15(2,10-11-17(3)4)16-14(18)19-12-13-8-6-5-7-9-13;1-10(2,13(11)12)6-7-14(3,4)8-9-15-5;1-10(2,11)6-7-12(3,4)8-9-13-5;;;/h6-10H,11-15H2,1-5H3;5-9H,10-12H2,1-4H3,(H,16,18);6-9H2,1-5H3;6-9,11H2,1-5H3;3*1H/q;;2*+1;;;/p-2. The van der Waals surface area contributed by atoms with Crippen molar-refractivity contribution < 1.29 is 83.9 Å². The quantitative estimate of drug-likeness (QED) is 0.0777. The number of carbonyl (C=O) groups excluding carboxylic acids is 2. The summed E-state index contributed by atoms with van der Waals surface area (Å²) in [5.74, 6) is 0. The largest absolute Gasteiger partial charge is 1.00 e. The van der Waals surface area contributed by atoms with E-state index in [9.17, 15) is 9.59 Å². The lowest BCUT2D eigenvalue weighted by Gasteiger charge is -2.34. The van der Waals surface area contributed by atoms with Crippen LogP contribution in [0.4, 0.5) is 9.59 Å². The summed E-state index contributed by atoms with van der Waals surface area (Å²) in [7, 11) is 22.4. The Morgan fingerprint density at radius 2 is 0.849 bits per heavy atom. The van der Waals surface area contributed by atoms with Crippen molar-refractivity contribution in [3.63, 3.8) is 0 Å². The smallest absolute Gasteiger partial charge is 0.407 e. The number of likely N-dealkylation sites (N-methyl/N-ethyl adjacent to an activating group) is 3. The molecule has 2 aromatic carbocycles. The van der Waals surface area contributed by atoms with Gasteiger partial charge in [0.05, 0.1) is 87.3 Å². The maximum absolute atomic E-state index is 12.0. The lowest BCUT2D eigenvalue weighted by molar-refractivity contribution is -0.891. The van der Waals surface area contributed by atoms with Crippen LogP contribution in [0.15, 0.2) is 60.7 Å². The summed E-state index contributed by atoms with van der Waals surface area (Å²) in [5, 5.41) is 5.85. The number of nitrogens with one attached hydrogen (secondary N) is 2. The molecule has 0 saturated carbocycles. The normalized spacial score (nSPS) is 11.9. The summed E-state index contributed by atoms with van der Waals surface area (Å²) in [6.07, 6.45) is 2.99. The molecule has 0 unspecified atom stereocenters. The summed E-state index contributed by atoms with van der Waals surface area (Å²) < 4.78 is 29.8. The number of quaternary nitrogens is 3. The van der Waals surface area contributed by atoms with Gasteiger partial charge in [-0.15, -0.1) is 3.94 Å². The molecule has 432 valence electrons. The topological polar surface area (TPSA) is 137 Å². The SMILES string of the molecule is CN(C)CCC(C)(C)NC(=O)OCc1ccccc1.COCC[N+](C)(C)CCC(C)(C)N.COCC[N+](C)(C)CCC(C)(C)N(Cl)Cl.COCC[N+](C)(C)CCC(C)(C)NC(=O)OCc1ccccc1.[Cl-].[Cl-].[Cl-]. The van der Waals surface area contributed by atoms with Crippen molar-refractivity contribution >= 4 is 35.7 Å². The number of hydrogen-bond acceptors (Lipinski definition) is 10. The zero-order chi connectivity index (χ0) is 54.3. The monoisotopic (exact) mass is 1140 g/mol. The maximum Gasteiger partial charge on any atom is 0.407 e. The Morgan fingerprint density at radius 3 is 1.15 bits per heavy atom. The van der Waals surface area contributed by atoms with Crippen LogP contribution < -0.4 is 53.6 Å². The fraction of sp³-hybridized carbons (Fsp3) is 0.736. The molecule has 0 spiro atoms. The third-order valence-corrected chi connectivity index (χ3v) is 12.6. The van der Waals surface area contributed by atoms with Crippen LogP contribution >= 0.6 is 23.6 Å². The molecule has 20 heteroatoms. The maximum atomic E-state index is 12.0. The van der Waals surface area contributed by atoms with Crippen LogP contribution in [0, 0.1) is 0 Å². The number of amides is 2. The number of hydrogen-bond donors (Lipinski definition) is 3. The number of benzene rings is 2. The summed E-state index contributed by atoms with van der Waals surface area (Å²) in [4.78, 5) is 25.8. The van der Waals surface area contributed by atoms with E-state index >= 15 is 0 Å². The molecule has 0 radical (unpaired) electrons. The first-order valence-corrected chi connectivity index (χ1v) is 25.2. The molecule has 0 heterocycles. The van der Waals surface area contributed by atoms with Crippen molar-refractivity contribution in [1.29, 1.82) is 0 Å². The Morgan fingerprint density at radius 1 is 0.534 bits per heavy atom. The van der Waals surface area contributed by atoms with Crippen LogP contribution in [-0.4, -0.2) is 200 Å². The Bertz CT molecular complexity index is 1660. The fourth-order valence-electron chi connectivity index (χ4n) is 5.88. The molecular formula is C53H103Cl5N8O7. The van der Waals surface area contributed by atoms with Gasteiger partial charge >= 0.3 is 12.2 Å². The average Bonchev–Trinajstić information content (AvgIpc) is 3.27. The number of ether oxygens (including phenoxy) is 5. The number of methoxy groups -OCH3 is 3. The highest BCUT2D eigenvalue weighted by atomic mass is 35.5. The van der Waals surface area contributed by atoms with Crippen molar-refractivity contribution in [2.24, 2.45) is 5.73 Å². The highest BCUT2D eigenvalue weighted by molar-refractivity contribution is 6.34. The number of halogens is 5. The molecule has 2 aromatic rings. The first kappa shape index (κ1) is 79.9. The van der Waals surface area contributed by atoms with Gasteiger partial charge in [-0.05, 0) is 117 Å². The van der Waals surface area contributed by atoms with Crippen molar-refractivity contribution in [3.8, 4) is 0 Å². The molecule has 15 nitrogen and oxygen atoms in total. The lowest BCUT2D eigenvalue weighted by Crippen LogP contribution is -3.00. The van der Waals surface area contributed by atoms with E-state index in [1.165, 1.54) is 3.94 Å². The van der Waals surface area contributed by atoms with Gasteiger partial charge < -0.3 is 95.6 Å².